The number of hydrogen-bond acceptors (Lipinski definition) is 3. The summed E-state index contributed by atoms with van der Waals surface area (Å²) in [5.74, 6) is 0. The van der Waals surface area contributed by atoms with E-state index in [0.717, 1.165) is 6.54 Å². The fourth-order valence-electron chi connectivity index (χ4n) is 1.52. The van der Waals surface area contributed by atoms with Crippen molar-refractivity contribution in [2.24, 2.45) is 0 Å². The summed E-state index contributed by atoms with van der Waals surface area (Å²) in [6, 6.07) is 6.82. The Labute approximate surface area is 106 Å². The molecule has 0 aliphatic carbocycles. The maximum atomic E-state index is 3.51. The first-order valence-corrected chi connectivity index (χ1v) is 7.37. The third kappa shape index (κ3) is 2.69. The maximum absolute atomic E-state index is 3.51. The third-order valence-corrected chi connectivity index (χ3v) is 4.62. The molecule has 1 atom stereocenters. The van der Waals surface area contributed by atoms with Gasteiger partial charge < -0.3 is 5.32 Å². The van der Waals surface area contributed by atoms with E-state index in [0.29, 0.717) is 6.04 Å². The lowest BCUT2D eigenvalue weighted by molar-refractivity contribution is 0.641. The minimum absolute atomic E-state index is 0.345. The zero-order valence-corrected chi connectivity index (χ0v) is 11.6. The van der Waals surface area contributed by atoms with Crippen molar-refractivity contribution < 1.29 is 0 Å². The summed E-state index contributed by atoms with van der Waals surface area (Å²) >= 11 is 7.05. The Bertz CT molecular complexity index is 408. The van der Waals surface area contributed by atoms with Crippen molar-refractivity contribution in [2.45, 2.75) is 13.0 Å². The molecular weight excluding hydrogens is 290 g/mol. The normalized spacial score (nSPS) is 12.9. The molecule has 0 spiro atoms. The molecule has 2 heterocycles. The van der Waals surface area contributed by atoms with Gasteiger partial charge in [0, 0.05) is 4.88 Å². The van der Waals surface area contributed by atoms with Crippen LogP contribution in [0.3, 0.4) is 0 Å². The van der Waals surface area contributed by atoms with Gasteiger partial charge in [-0.15, -0.1) is 22.7 Å². The van der Waals surface area contributed by atoms with E-state index in [-0.39, 0.29) is 0 Å². The van der Waals surface area contributed by atoms with Crippen molar-refractivity contribution in [1.82, 2.24) is 5.32 Å². The van der Waals surface area contributed by atoms with Crippen molar-refractivity contribution in [3.8, 4) is 0 Å². The van der Waals surface area contributed by atoms with Crippen LogP contribution in [0.15, 0.2) is 32.7 Å². The second-order valence-corrected chi connectivity index (χ2v) is 6.46. The Morgan fingerprint density at radius 2 is 2.33 bits per heavy atom. The SMILES string of the molecule is CCNC(c1csc(Br)c1)c1cccs1. The Morgan fingerprint density at radius 1 is 1.47 bits per heavy atom. The Morgan fingerprint density at radius 3 is 2.87 bits per heavy atom. The molecule has 0 fully saturated rings. The van der Waals surface area contributed by atoms with Gasteiger partial charge in [-0.3, -0.25) is 0 Å². The van der Waals surface area contributed by atoms with Gasteiger partial charge in [0.15, 0.2) is 0 Å². The second kappa shape index (κ2) is 5.25. The summed E-state index contributed by atoms with van der Waals surface area (Å²) < 4.78 is 1.19. The molecule has 0 radical (unpaired) electrons. The van der Waals surface area contributed by atoms with E-state index in [1.807, 2.05) is 0 Å². The molecule has 2 aromatic heterocycles. The molecule has 0 bridgehead atoms. The van der Waals surface area contributed by atoms with E-state index in [2.05, 4.69) is 57.1 Å². The lowest BCUT2D eigenvalue weighted by Crippen LogP contribution is -2.20. The molecule has 0 aliphatic heterocycles. The first-order chi connectivity index (χ1) is 7.31. The van der Waals surface area contributed by atoms with Crippen LogP contribution in [0, 0.1) is 0 Å². The molecule has 0 saturated heterocycles. The number of halogens is 1. The van der Waals surface area contributed by atoms with Crippen molar-refractivity contribution in [2.75, 3.05) is 6.54 Å². The minimum atomic E-state index is 0.345. The van der Waals surface area contributed by atoms with Crippen LogP contribution < -0.4 is 5.32 Å². The summed E-state index contributed by atoms with van der Waals surface area (Å²) in [5, 5.41) is 7.84. The molecule has 4 heteroatoms. The Hall–Kier alpha value is -0.160. The van der Waals surface area contributed by atoms with Gasteiger partial charge >= 0.3 is 0 Å². The van der Waals surface area contributed by atoms with Crippen molar-refractivity contribution >= 4 is 38.6 Å². The average Bonchev–Trinajstić information content (AvgIpc) is 2.85. The molecule has 0 aromatic carbocycles. The monoisotopic (exact) mass is 301 g/mol. The van der Waals surface area contributed by atoms with E-state index >= 15 is 0 Å². The summed E-state index contributed by atoms with van der Waals surface area (Å²) in [6.07, 6.45) is 0. The zero-order valence-electron chi connectivity index (χ0n) is 8.37. The highest BCUT2D eigenvalue weighted by Gasteiger charge is 2.14. The fraction of sp³-hybridized carbons (Fsp3) is 0.273. The van der Waals surface area contributed by atoms with Gasteiger partial charge in [-0.2, -0.15) is 0 Å². The van der Waals surface area contributed by atoms with Gasteiger partial charge in [0.05, 0.1) is 9.83 Å². The van der Waals surface area contributed by atoms with Crippen LogP contribution in [0.2, 0.25) is 0 Å². The van der Waals surface area contributed by atoms with Crippen molar-refractivity contribution in [1.29, 1.82) is 0 Å². The smallest absolute Gasteiger partial charge is 0.0701 e. The van der Waals surface area contributed by atoms with Crippen LogP contribution in [-0.2, 0) is 0 Å². The summed E-state index contributed by atoms with van der Waals surface area (Å²) in [4.78, 5) is 1.38. The van der Waals surface area contributed by atoms with Crippen LogP contribution in [-0.4, -0.2) is 6.54 Å². The molecule has 0 saturated carbocycles. The topological polar surface area (TPSA) is 12.0 Å². The predicted octanol–water partition coefficient (Wildman–Crippen LogP) is 4.27. The van der Waals surface area contributed by atoms with Crippen LogP contribution in [0.5, 0.6) is 0 Å². The number of hydrogen-bond donors (Lipinski definition) is 1. The molecule has 15 heavy (non-hydrogen) atoms. The maximum Gasteiger partial charge on any atom is 0.0701 e. The first-order valence-electron chi connectivity index (χ1n) is 4.82. The Balaban J connectivity index is 2.27. The quantitative estimate of drug-likeness (QED) is 0.889. The van der Waals surface area contributed by atoms with Gasteiger partial charge in [0.25, 0.3) is 0 Å². The average molecular weight is 302 g/mol. The minimum Gasteiger partial charge on any atom is -0.306 e. The summed E-state index contributed by atoms with van der Waals surface area (Å²) in [7, 11) is 0. The third-order valence-electron chi connectivity index (χ3n) is 2.16. The van der Waals surface area contributed by atoms with Gasteiger partial charge in [-0.05, 0) is 50.9 Å². The lowest BCUT2D eigenvalue weighted by Gasteiger charge is -2.14. The van der Waals surface area contributed by atoms with E-state index in [1.165, 1.54) is 14.2 Å². The molecule has 80 valence electrons. The first kappa shape index (κ1) is 11.3. The van der Waals surface area contributed by atoms with E-state index in [1.54, 1.807) is 22.7 Å². The molecule has 1 nitrogen and oxygen atoms in total. The van der Waals surface area contributed by atoms with Crippen LogP contribution in [0.4, 0.5) is 0 Å². The van der Waals surface area contributed by atoms with Crippen molar-refractivity contribution in [3.63, 3.8) is 0 Å². The summed E-state index contributed by atoms with van der Waals surface area (Å²) in [6.45, 7) is 3.12. The van der Waals surface area contributed by atoms with E-state index < -0.39 is 0 Å². The van der Waals surface area contributed by atoms with Crippen LogP contribution >= 0.6 is 38.6 Å². The van der Waals surface area contributed by atoms with Crippen molar-refractivity contribution in [3.05, 3.63) is 43.2 Å². The molecule has 1 unspecified atom stereocenters. The van der Waals surface area contributed by atoms with Gasteiger partial charge in [-0.25, -0.2) is 0 Å². The van der Waals surface area contributed by atoms with Gasteiger partial charge in [0.1, 0.15) is 0 Å². The number of thiophene rings is 2. The number of nitrogens with one attached hydrogen (secondary N) is 1. The molecule has 2 aromatic rings. The standard InChI is InChI=1S/C11H12BrNS2/c1-2-13-11(9-4-3-5-14-9)8-6-10(12)15-7-8/h3-7,11,13H,2H2,1H3. The molecule has 0 aliphatic rings. The van der Waals surface area contributed by atoms with Gasteiger partial charge in [0.2, 0.25) is 0 Å². The molecule has 0 amide bonds. The Kier molecular flexibility index (Phi) is 3.97. The number of rotatable bonds is 4. The molecule has 2 rings (SSSR count). The predicted molar refractivity (Wildman–Crippen MR) is 71.9 cm³/mol. The highest BCUT2D eigenvalue weighted by atomic mass is 79.9. The highest BCUT2D eigenvalue weighted by molar-refractivity contribution is 9.11. The van der Waals surface area contributed by atoms with E-state index in [4.69, 9.17) is 0 Å². The molecule has 1 N–H and O–H groups in total. The highest BCUT2D eigenvalue weighted by Crippen LogP contribution is 2.31. The second-order valence-electron chi connectivity index (χ2n) is 3.19. The molecular formula is C11H12BrNS2. The summed E-state index contributed by atoms with van der Waals surface area (Å²) in [5.41, 5.74) is 1.34. The van der Waals surface area contributed by atoms with Crippen LogP contribution in [0.25, 0.3) is 0 Å². The van der Waals surface area contributed by atoms with Gasteiger partial charge in [-0.1, -0.05) is 13.0 Å². The fourth-order valence-corrected chi connectivity index (χ4v) is 3.55. The largest absolute Gasteiger partial charge is 0.306 e. The van der Waals surface area contributed by atoms with Crippen LogP contribution in [0.1, 0.15) is 23.4 Å². The van der Waals surface area contributed by atoms with E-state index in [9.17, 15) is 0 Å². The zero-order chi connectivity index (χ0) is 10.7. The lowest BCUT2D eigenvalue weighted by atomic mass is 10.1.